The van der Waals surface area contributed by atoms with Crippen LogP contribution in [0.25, 0.3) is 10.9 Å². The van der Waals surface area contributed by atoms with Gasteiger partial charge in [0, 0.05) is 23.6 Å². The van der Waals surface area contributed by atoms with Crippen molar-refractivity contribution in [2.75, 3.05) is 0 Å². The van der Waals surface area contributed by atoms with Crippen molar-refractivity contribution < 1.29 is 4.79 Å². The summed E-state index contributed by atoms with van der Waals surface area (Å²) in [6.07, 6.45) is 4.39. The van der Waals surface area contributed by atoms with E-state index >= 15 is 0 Å². The van der Waals surface area contributed by atoms with Crippen molar-refractivity contribution in [2.24, 2.45) is 0 Å². The highest BCUT2D eigenvalue weighted by molar-refractivity contribution is 6.07. The molecule has 1 heterocycles. The zero-order valence-electron chi connectivity index (χ0n) is 9.44. The van der Waals surface area contributed by atoms with Gasteiger partial charge in [-0.15, -0.1) is 0 Å². The van der Waals surface area contributed by atoms with Crippen molar-refractivity contribution in [1.29, 1.82) is 0 Å². The average molecular weight is 213 g/mol. The second-order valence-corrected chi connectivity index (χ2v) is 3.90. The number of unbranched alkanes of at least 4 members (excludes halogenated alkanes) is 1. The summed E-state index contributed by atoms with van der Waals surface area (Å²) in [7, 11) is 0. The van der Waals surface area contributed by atoms with Crippen LogP contribution in [-0.4, -0.2) is 10.8 Å². The van der Waals surface area contributed by atoms with E-state index in [1.165, 1.54) is 0 Å². The Bertz CT molecular complexity index is 500. The molecule has 0 aliphatic rings. The monoisotopic (exact) mass is 213 g/mol. The molecule has 0 spiro atoms. The van der Waals surface area contributed by atoms with Crippen LogP contribution in [-0.2, 0) is 0 Å². The van der Waals surface area contributed by atoms with Crippen LogP contribution in [0.5, 0.6) is 0 Å². The van der Waals surface area contributed by atoms with Crippen molar-refractivity contribution in [3.05, 3.63) is 42.1 Å². The Balaban J connectivity index is 2.40. The fraction of sp³-hybridized carbons (Fsp3) is 0.286. The maximum atomic E-state index is 12.0. The predicted octanol–water partition coefficient (Wildman–Crippen LogP) is 3.61. The third-order valence-corrected chi connectivity index (χ3v) is 2.70. The third-order valence-electron chi connectivity index (χ3n) is 2.70. The second kappa shape index (κ2) is 4.88. The zero-order valence-corrected chi connectivity index (χ0v) is 9.44. The molecule has 2 heteroatoms. The summed E-state index contributed by atoms with van der Waals surface area (Å²) < 4.78 is 0. The minimum absolute atomic E-state index is 0.223. The Morgan fingerprint density at radius 1 is 1.25 bits per heavy atom. The van der Waals surface area contributed by atoms with Gasteiger partial charge in [-0.05, 0) is 18.6 Å². The van der Waals surface area contributed by atoms with Gasteiger partial charge in [0.2, 0.25) is 0 Å². The average Bonchev–Trinajstić information content (AvgIpc) is 2.35. The van der Waals surface area contributed by atoms with Gasteiger partial charge in [-0.3, -0.25) is 9.78 Å². The van der Waals surface area contributed by atoms with Crippen molar-refractivity contribution in [1.82, 2.24) is 4.98 Å². The number of nitrogens with zero attached hydrogens (tertiary/aromatic N) is 1. The highest BCUT2D eigenvalue weighted by Crippen LogP contribution is 2.18. The van der Waals surface area contributed by atoms with Gasteiger partial charge in [0.25, 0.3) is 0 Å². The molecule has 0 aliphatic heterocycles. The van der Waals surface area contributed by atoms with Crippen LogP contribution in [0.3, 0.4) is 0 Å². The molecule has 0 unspecified atom stereocenters. The first-order valence-electron chi connectivity index (χ1n) is 5.70. The molecule has 2 nitrogen and oxygen atoms in total. The molecule has 1 aromatic carbocycles. The Kier molecular flexibility index (Phi) is 3.30. The Hall–Kier alpha value is -1.70. The number of hydrogen-bond donors (Lipinski definition) is 0. The molecule has 0 atom stereocenters. The molecular formula is C14H15NO. The van der Waals surface area contributed by atoms with Gasteiger partial charge in [0.15, 0.2) is 5.78 Å². The Morgan fingerprint density at radius 2 is 2.12 bits per heavy atom. The number of pyridine rings is 1. The summed E-state index contributed by atoms with van der Waals surface area (Å²) >= 11 is 0. The van der Waals surface area contributed by atoms with E-state index in [0.717, 1.165) is 29.3 Å². The smallest absolute Gasteiger partial charge is 0.163 e. The first-order valence-corrected chi connectivity index (χ1v) is 5.70. The molecule has 2 rings (SSSR count). The number of carbonyl (C=O) groups excluding carboxylic acids is 1. The van der Waals surface area contributed by atoms with E-state index in [-0.39, 0.29) is 5.78 Å². The molecule has 0 fully saturated rings. The van der Waals surface area contributed by atoms with Crippen molar-refractivity contribution in [3.63, 3.8) is 0 Å². The Morgan fingerprint density at radius 3 is 2.94 bits per heavy atom. The predicted molar refractivity (Wildman–Crippen MR) is 65.6 cm³/mol. The maximum absolute atomic E-state index is 12.0. The van der Waals surface area contributed by atoms with Gasteiger partial charge in [0.05, 0.1) is 5.52 Å². The molecule has 0 saturated carbocycles. The van der Waals surface area contributed by atoms with E-state index in [2.05, 4.69) is 11.9 Å². The fourth-order valence-electron chi connectivity index (χ4n) is 1.82. The maximum Gasteiger partial charge on any atom is 0.163 e. The molecule has 0 aliphatic carbocycles. The lowest BCUT2D eigenvalue weighted by atomic mass is 10.0. The SMILES string of the molecule is CCCCC(=O)c1cccc2ncccc12. The number of ketones is 1. The molecule has 82 valence electrons. The van der Waals surface area contributed by atoms with Crippen LogP contribution in [0.4, 0.5) is 0 Å². The zero-order chi connectivity index (χ0) is 11.4. The van der Waals surface area contributed by atoms with E-state index in [9.17, 15) is 4.79 Å². The van der Waals surface area contributed by atoms with Gasteiger partial charge < -0.3 is 0 Å². The van der Waals surface area contributed by atoms with Crippen LogP contribution in [0.15, 0.2) is 36.5 Å². The summed E-state index contributed by atoms with van der Waals surface area (Å²) in [6.45, 7) is 2.10. The van der Waals surface area contributed by atoms with E-state index in [1.54, 1.807) is 6.20 Å². The number of Topliss-reactive ketones (excluding diaryl/α,β-unsaturated/α-hetero) is 1. The van der Waals surface area contributed by atoms with E-state index < -0.39 is 0 Å². The van der Waals surface area contributed by atoms with E-state index in [0.29, 0.717) is 6.42 Å². The van der Waals surface area contributed by atoms with Gasteiger partial charge in [0.1, 0.15) is 0 Å². The summed E-state index contributed by atoms with van der Waals surface area (Å²) in [5, 5.41) is 0.964. The quantitative estimate of drug-likeness (QED) is 0.726. The second-order valence-electron chi connectivity index (χ2n) is 3.90. The number of aromatic nitrogens is 1. The van der Waals surface area contributed by atoms with Gasteiger partial charge in [-0.25, -0.2) is 0 Å². The lowest BCUT2D eigenvalue weighted by molar-refractivity contribution is 0.0981. The third kappa shape index (κ3) is 2.11. The minimum atomic E-state index is 0.223. The number of fused-ring (bicyclic) bond motifs is 1. The van der Waals surface area contributed by atoms with Gasteiger partial charge in [-0.2, -0.15) is 0 Å². The first kappa shape index (κ1) is 10.8. The fourth-order valence-corrected chi connectivity index (χ4v) is 1.82. The molecule has 0 radical (unpaired) electrons. The summed E-state index contributed by atoms with van der Waals surface area (Å²) in [5.41, 5.74) is 1.70. The highest BCUT2D eigenvalue weighted by Gasteiger charge is 2.08. The van der Waals surface area contributed by atoms with Crippen LogP contribution < -0.4 is 0 Å². The minimum Gasteiger partial charge on any atom is -0.294 e. The standard InChI is InChI=1S/C14H15NO/c1-2-3-9-14(16)12-6-4-8-13-11(12)7-5-10-15-13/h4-8,10H,2-3,9H2,1H3. The first-order chi connectivity index (χ1) is 7.83. The molecule has 0 N–H and O–H groups in total. The van der Waals surface area contributed by atoms with Crippen LogP contribution in [0, 0.1) is 0 Å². The largest absolute Gasteiger partial charge is 0.294 e. The van der Waals surface area contributed by atoms with Crippen molar-refractivity contribution in [2.45, 2.75) is 26.2 Å². The van der Waals surface area contributed by atoms with Crippen molar-refractivity contribution >= 4 is 16.7 Å². The summed E-state index contributed by atoms with van der Waals surface area (Å²) in [5.74, 6) is 0.223. The summed E-state index contributed by atoms with van der Waals surface area (Å²) in [4.78, 5) is 16.2. The van der Waals surface area contributed by atoms with E-state index in [4.69, 9.17) is 0 Å². The number of hydrogen-bond acceptors (Lipinski definition) is 2. The molecule has 16 heavy (non-hydrogen) atoms. The van der Waals surface area contributed by atoms with Gasteiger partial charge in [-0.1, -0.05) is 31.5 Å². The highest BCUT2D eigenvalue weighted by atomic mass is 16.1. The Labute approximate surface area is 95.3 Å². The molecular weight excluding hydrogens is 198 g/mol. The normalized spacial score (nSPS) is 10.6. The number of rotatable bonds is 4. The van der Waals surface area contributed by atoms with Crippen LogP contribution in [0.1, 0.15) is 36.5 Å². The topological polar surface area (TPSA) is 30.0 Å². The van der Waals surface area contributed by atoms with Crippen molar-refractivity contribution in [3.8, 4) is 0 Å². The molecule has 0 bridgehead atoms. The van der Waals surface area contributed by atoms with Crippen LogP contribution >= 0.6 is 0 Å². The summed E-state index contributed by atoms with van der Waals surface area (Å²) in [6, 6.07) is 9.56. The number of carbonyl (C=O) groups is 1. The number of benzene rings is 1. The lowest BCUT2D eigenvalue weighted by Gasteiger charge is -2.04. The molecule has 0 saturated heterocycles. The van der Waals surface area contributed by atoms with E-state index in [1.807, 2.05) is 30.3 Å². The molecule has 0 amide bonds. The molecule has 1 aromatic heterocycles. The van der Waals surface area contributed by atoms with Gasteiger partial charge >= 0.3 is 0 Å². The molecule has 2 aromatic rings. The van der Waals surface area contributed by atoms with Crippen LogP contribution in [0.2, 0.25) is 0 Å². The lowest BCUT2D eigenvalue weighted by Crippen LogP contribution is -1.99.